The number of aromatic nitrogens is 4. The van der Waals surface area contributed by atoms with Gasteiger partial charge in [0.15, 0.2) is 11.0 Å². The molecule has 2 aromatic heterocycles. The van der Waals surface area contributed by atoms with E-state index in [2.05, 4.69) is 25.7 Å². The first kappa shape index (κ1) is 24.4. The summed E-state index contributed by atoms with van der Waals surface area (Å²) in [4.78, 5) is 16.7. The van der Waals surface area contributed by atoms with Gasteiger partial charge in [-0.3, -0.25) is 14.3 Å². The van der Waals surface area contributed by atoms with Crippen molar-refractivity contribution in [3.8, 4) is 22.8 Å². The van der Waals surface area contributed by atoms with Crippen molar-refractivity contribution < 1.29 is 9.53 Å². The highest BCUT2D eigenvalue weighted by Gasteiger charge is 2.17. The number of hydrazone groups is 1. The fourth-order valence-electron chi connectivity index (χ4n) is 3.26. The summed E-state index contributed by atoms with van der Waals surface area (Å²) in [7, 11) is 0. The molecule has 0 aliphatic heterocycles. The third-order valence-electron chi connectivity index (χ3n) is 4.90. The van der Waals surface area contributed by atoms with Gasteiger partial charge in [-0.15, -0.1) is 10.2 Å². The van der Waals surface area contributed by atoms with E-state index in [1.54, 1.807) is 25.4 Å². The van der Waals surface area contributed by atoms with Gasteiger partial charge in [-0.05, 0) is 56.3 Å². The third-order valence-corrected chi connectivity index (χ3v) is 6.16. The molecule has 4 rings (SSSR count). The van der Waals surface area contributed by atoms with Crippen molar-refractivity contribution >= 4 is 35.0 Å². The maximum atomic E-state index is 12.5. The molecule has 0 saturated heterocycles. The lowest BCUT2D eigenvalue weighted by Gasteiger charge is -2.11. The molecule has 0 atom stereocenters. The van der Waals surface area contributed by atoms with Crippen LogP contribution in [0.5, 0.6) is 5.75 Å². The summed E-state index contributed by atoms with van der Waals surface area (Å²) in [6, 6.07) is 18.7. The van der Waals surface area contributed by atoms with Crippen molar-refractivity contribution in [2.75, 3.05) is 12.4 Å². The van der Waals surface area contributed by atoms with E-state index in [4.69, 9.17) is 16.3 Å². The van der Waals surface area contributed by atoms with E-state index in [1.165, 1.54) is 11.8 Å². The smallest absolute Gasteiger partial charge is 0.250 e. The second-order valence-electron chi connectivity index (χ2n) is 7.31. The number of rotatable bonds is 9. The van der Waals surface area contributed by atoms with Crippen LogP contribution in [0, 0.1) is 0 Å². The minimum absolute atomic E-state index is 0.0987. The van der Waals surface area contributed by atoms with Gasteiger partial charge in [-0.25, -0.2) is 5.43 Å². The van der Waals surface area contributed by atoms with Crippen LogP contribution in [-0.4, -0.2) is 43.7 Å². The van der Waals surface area contributed by atoms with Gasteiger partial charge >= 0.3 is 0 Å². The summed E-state index contributed by atoms with van der Waals surface area (Å²) in [6.45, 7) is 4.31. The van der Waals surface area contributed by atoms with Gasteiger partial charge in [0.1, 0.15) is 5.75 Å². The van der Waals surface area contributed by atoms with Crippen LogP contribution in [0.25, 0.3) is 17.1 Å². The lowest BCUT2D eigenvalue weighted by atomic mass is 10.1. The second kappa shape index (κ2) is 11.6. The van der Waals surface area contributed by atoms with Crippen molar-refractivity contribution in [3.05, 3.63) is 83.6 Å². The molecule has 4 aromatic rings. The maximum Gasteiger partial charge on any atom is 0.250 e. The van der Waals surface area contributed by atoms with Crippen molar-refractivity contribution in [1.82, 2.24) is 25.2 Å². The van der Waals surface area contributed by atoms with Crippen molar-refractivity contribution in [2.24, 2.45) is 5.10 Å². The molecule has 1 N–H and O–H groups in total. The Labute approximate surface area is 212 Å². The summed E-state index contributed by atoms with van der Waals surface area (Å²) in [5.41, 5.74) is 5.61. The van der Waals surface area contributed by atoms with Gasteiger partial charge in [-0.2, -0.15) is 5.10 Å². The highest BCUT2D eigenvalue weighted by molar-refractivity contribution is 7.99. The lowest BCUT2D eigenvalue weighted by molar-refractivity contribution is -0.118. The van der Waals surface area contributed by atoms with Crippen LogP contribution >= 0.6 is 23.4 Å². The molecular weight excluding hydrogens is 484 g/mol. The Morgan fingerprint density at radius 3 is 2.63 bits per heavy atom. The molecule has 178 valence electrons. The van der Waals surface area contributed by atoms with Crippen LogP contribution in [0.2, 0.25) is 5.02 Å². The molecule has 35 heavy (non-hydrogen) atoms. The SMILES string of the molecule is CCOc1ccc(-n2c(SCC(=O)N/N=C(/C)c3ccccc3Cl)nnc2-c2cccnc2)cc1. The van der Waals surface area contributed by atoms with Gasteiger partial charge in [-0.1, -0.05) is 41.6 Å². The van der Waals surface area contributed by atoms with Crippen LogP contribution < -0.4 is 10.2 Å². The first-order chi connectivity index (χ1) is 17.1. The van der Waals surface area contributed by atoms with Crippen molar-refractivity contribution in [1.29, 1.82) is 0 Å². The van der Waals surface area contributed by atoms with E-state index in [-0.39, 0.29) is 11.7 Å². The standard InChI is InChI=1S/C25H23ClN6O2S/c1-3-34-20-12-10-19(11-13-20)32-24(18-7-6-14-27-15-18)30-31-25(32)35-16-23(33)29-28-17(2)21-8-4-5-9-22(21)26/h4-15H,3,16H2,1-2H3,(H,29,33)/b28-17-. The summed E-state index contributed by atoms with van der Waals surface area (Å²) in [6.07, 6.45) is 3.43. The number of carbonyl (C=O) groups excluding carboxylic acids is 1. The van der Waals surface area contributed by atoms with Crippen LogP contribution in [0.3, 0.4) is 0 Å². The predicted molar refractivity (Wildman–Crippen MR) is 138 cm³/mol. The maximum absolute atomic E-state index is 12.5. The third kappa shape index (κ3) is 6.06. The molecule has 0 aliphatic rings. The fraction of sp³-hybridized carbons (Fsp3) is 0.160. The van der Waals surface area contributed by atoms with Crippen LogP contribution in [0.15, 0.2) is 83.3 Å². The molecule has 10 heteroatoms. The number of hydrogen-bond donors (Lipinski definition) is 1. The molecule has 0 fully saturated rings. The van der Waals surface area contributed by atoms with Crippen molar-refractivity contribution in [2.45, 2.75) is 19.0 Å². The van der Waals surface area contributed by atoms with E-state index in [9.17, 15) is 4.79 Å². The summed E-state index contributed by atoms with van der Waals surface area (Å²) < 4.78 is 7.45. The van der Waals surface area contributed by atoms with E-state index < -0.39 is 0 Å². The molecule has 2 aromatic carbocycles. The topological polar surface area (TPSA) is 94.3 Å². The Morgan fingerprint density at radius 2 is 1.91 bits per heavy atom. The highest BCUT2D eigenvalue weighted by Crippen LogP contribution is 2.28. The molecule has 0 saturated carbocycles. The molecule has 0 aliphatic carbocycles. The fourth-order valence-corrected chi connectivity index (χ4v) is 4.28. The Hall–Kier alpha value is -3.69. The molecule has 0 spiro atoms. The summed E-state index contributed by atoms with van der Waals surface area (Å²) in [5, 5.41) is 14.0. The minimum Gasteiger partial charge on any atom is -0.494 e. The Kier molecular flexibility index (Phi) is 8.12. The zero-order valence-corrected chi connectivity index (χ0v) is 20.8. The number of halogens is 1. The number of pyridine rings is 1. The largest absolute Gasteiger partial charge is 0.494 e. The van der Waals surface area contributed by atoms with Crippen LogP contribution in [0.1, 0.15) is 19.4 Å². The van der Waals surface area contributed by atoms with E-state index in [1.807, 2.05) is 66.1 Å². The number of carbonyl (C=O) groups is 1. The summed E-state index contributed by atoms with van der Waals surface area (Å²) in [5.74, 6) is 1.22. The number of nitrogens with one attached hydrogen (secondary N) is 1. The number of thioether (sulfide) groups is 1. The molecule has 8 nitrogen and oxygen atoms in total. The van der Waals surface area contributed by atoms with Gasteiger partial charge in [0.2, 0.25) is 0 Å². The van der Waals surface area contributed by atoms with Crippen LogP contribution in [-0.2, 0) is 4.79 Å². The molecule has 1 amide bonds. The Bertz CT molecular complexity index is 1330. The summed E-state index contributed by atoms with van der Waals surface area (Å²) >= 11 is 7.46. The van der Waals surface area contributed by atoms with Gasteiger partial charge in [0, 0.05) is 34.2 Å². The number of hydrogen-bond acceptors (Lipinski definition) is 7. The average Bonchev–Trinajstić information content (AvgIpc) is 3.31. The lowest BCUT2D eigenvalue weighted by Crippen LogP contribution is -2.21. The molecular formula is C25H23ClN6O2S. The number of ether oxygens (including phenoxy) is 1. The second-order valence-corrected chi connectivity index (χ2v) is 8.66. The van der Waals surface area contributed by atoms with Crippen molar-refractivity contribution in [3.63, 3.8) is 0 Å². The molecule has 0 radical (unpaired) electrons. The van der Waals surface area contributed by atoms with Gasteiger partial charge in [0.25, 0.3) is 5.91 Å². The first-order valence-electron chi connectivity index (χ1n) is 10.9. The number of benzene rings is 2. The molecule has 0 unspecified atom stereocenters. The van der Waals surface area contributed by atoms with Gasteiger partial charge in [0.05, 0.1) is 18.1 Å². The minimum atomic E-state index is -0.273. The predicted octanol–water partition coefficient (Wildman–Crippen LogP) is 5.01. The van der Waals surface area contributed by atoms with Crippen LogP contribution in [0.4, 0.5) is 0 Å². The van der Waals surface area contributed by atoms with E-state index in [0.717, 1.165) is 22.6 Å². The van der Waals surface area contributed by atoms with E-state index >= 15 is 0 Å². The number of nitrogens with zero attached hydrogens (tertiary/aromatic N) is 5. The Balaban J connectivity index is 1.53. The zero-order valence-electron chi connectivity index (χ0n) is 19.2. The quantitative estimate of drug-likeness (QED) is 0.195. The first-order valence-corrected chi connectivity index (χ1v) is 12.2. The normalized spacial score (nSPS) is 11.3. The van der Waals surface area contributed by atoms with E-state index in [0.29, 0.717) is 28.3 Å². The van der Waals surface area contributed by atoms with Gasteiger partial charge < -0.3 is 4.74 Å². The molecule has 0 bridgehead atoms. The molecule has 2 heterocycles. The number of amides is 1. The zero-order chi connectivity index (χ0) is 24.6. The Morgan fingerprint density at radius 1 is 1.11 bits per heavy atom. The average molecular weight is 507 g/mol. The monoisotopic (exact) mass is 506 g/mol. The highest BCUT2D eigenvalue weighted by atomic mass is 35.5.